The highest BCUT2D eigenvalue weighted by molar-refractivity contribution is 7.98. The molecule has 5 nitrogen and oxygen atoms in total. The maximum Gasteiger partial charge on any atom is 0.235 e. The Morgan fingerprint density at radius 3 is 2.74 bits per heavy atom. The summed E-state index contributed by atoms with van der Waals surface area (Å²) >= 11 is 9.19. The average Bonchev–Trinajstić information content (AvgIpc) is 3.34. The molecule has 134 valence electrons. The maximum absolute atomic E-state index is 6.02. The molecule has 0 atom stereocenters. The fourth-order valence-electron chi connectivity index (χ4n) is 2.92. The molecule has 0 amide bonds. The van der Waals surface area contributed by atoms with Gasteiger partial charge < -0.3 is 4.42 Å². The molecular formula is C19H13ClN4OS2. The van der Waals surface area contributed by atoms with E-state index in [9.17, 15) is 0 Å². The first-order valence-corrected chi connectivity index (χ1v) is 10.4. The average molecular weight is 413 g/mol. The van der Waals surface area contributed by atoms with Gasteiger partial charge in [-0.1, -0.05) is 41.1 Å². The van der Waals surface area contributed by atoms with E-state index in [4.69, 9.17) is 21.1 Å². The smallest absolute Gasteiger partial charge is 0.235 e. The Bertz CT molecular complexity index is 1260. The third kappa shape index (κ3) is 3.01. The molecule has 0 spiro atoms. The monoisotopic (exact) mass is 412 g/mol. The van der Waals surface area contributed by atoms with E-state index in [2.05, 4.69) is 10.2 Å². The largest absolute Gasteiger partial charge is 0.452 e. The lowest BCUT2D eigenvalue weighted by Crippen LogP contribution is -1.92. The minimum atomic E-state index is 0.637. The van der Waals surface area contributed by atoms with E-state index in [-0.39, 0.29) is 0 Å². The maximum atomic E-state index is 6.02. The molecule has 27 heavy (non-hydrogen) atoms. The van der Waals surface area contributed by atoms with Crippen molar-refractivity contribution in [2.75, 3.05) is 0 Å². The van der Waals surface area contributed by atoms with Crippen molar-refractivity contribution >= 4 is 50.6 Å². The minimum absolute atomic E-state index is 0.637. The summed E-state index contributed by atoms with van der Waals surface area (Å²) < 4.78 is 7.80. The third-order valence-electron chi connectivity index (χ3n) is 4.26. The number of hydrogen-bond acceptors (Lipinski definition) is 6. The zero-order valence-corrected chi connectivity index (χ0v) is 16.6. The van der Waals surface area contributed by atoms with Gasteiger partial charge in [-0.15, -0.1) is 22.0 Å². The first-order chi connectivity index (χ1) is 13.2. The van der Waals surface area contributed by atoms with Crippen LogP contribution in [0.2, 0.25) is 5.02 Å². The van der Waals surface area contributed by atoms with Crippen molar-refractivity contribution in [3.8, 4) is 11.6 Å². The molecule has 3 heterocycles. The summed E-state index contributed by atoms with van der Waals surface area (Å²) in [6.07, 6.45) is 0. The second-order valence-electron chi connectivity index (χ2n) is 6.01. The lowest BCUT2D eigenvalue weighted by atomic mass is 10.1. The number of rotatable bonds is 4. The predicted octanol–water partition coefficient (Wildman–Crippen LogP) is 5.85. The standard InChI is InChI=1S/C19H13ClN4OS2/c1-11-14-4-2-3-5-15(14)25-17(11)18-21-22-19-24(18)23-16(27-19)10-26-13-8-6-12(20)7-9-13/h2-9H,10H2,1H3. The summed E-state index contributed by atoms with van der Waals surface area (Å²) in [6, 6.07) is 15.8. The molecule has 0 fully saturated rings. The number of aryl methyl sites for hydroxylation is 1. The summed E-state index contributed by atoms with van der Waals surface area (Å²) in [4.78, 5) is 1.91. The van der Waals surface area contributed by atoms with Crippen LogP contribution in [0.25, 0.3) is 27.5 Å². The quantitative estimate of drug-likeness (QED) is 0.346. The number of benzene rings is 2. The lowest BCUT2D eigenvalue weighted by molar-refractivity contribution is 0.619. The van der Waals surface area contributed by atoms with Crippen molar-refractivity contribution in [2.45, 2.75) is 17.6 Å². The van der Waals surface area contributed by atoms with E-state index >= 15 is 0 Å². The number of furan rings is 1. The Hall–Kier alpha value is -2.35. The van der Waals surface area contributed by atoms with Crippen LogP contribution in [0.1, 0.15) is 10.6 Å². The number of nitrogens with zero attached hydrogens (tertiary/aromatic N) is 4. The molecule has 8 heteroatoms. The van der Waals surface area contributed by atoms with Crippen LogP contribution >= 0.6 is 34.7 Å². The zero-order valence-electron chi connectivity index (χ0n) is 14.2. The van der Waals surface area contributed by atoms with Crippen LogP contribution in [0.5, 0.6) is 0 Å². The highest BCUT2D eigenvalue weighted by atomic mass is 35.5. The zero-order chi connectivity index (χ0) is 18.4. The van der Waals surface area contributed by atoms with Gasteiger partial charge in [0.15, 0.2) is 5.76 Å². The normalized spacial score (nSPS) is 11.6. The van der Waals surface area contributed by atoms with Gasteiger partial charge in [0, 0.05) is 20.9 Å². The molecule has 3 aromatic heterocycles. The molecule has 0 radical (unpaired) electrons. The first kappa shape index (κ1) is 16.8. The highest BCUT2D eigenvalue weighted by Crippen LogP contribution is 2.33. The number of fused-ring (bicyclic) bond motifs is 2. The second kappa shape index (κ2) is 6.67. The van der Waals surface area contributed by atoms with Crippen LogP contribution in [0.15, 0.2) is 57.8 Å². The first-order valence-electron chi connectivity index (χ1n) is 8.27. The Kier molecular flexibility index (Phi) is 4.15. The SMILES string of the molecule is Cc1c(-c2nnc3sc(CSc4ccc(Cl)cc4)nn23)oc2ccccc12. The molecule has 5 rings (SSSR count). The fraction of sp³-hybridized carbons (Fsp3) is 0.105. The van der Waals surface area contributed by atoms with E-state index in [0.29, 0.717) is 11.6 Å². The predicted molar refractivity (Wildman–Crippen MR) is 110 cm³/mol. The molecule has 0 aliphatic rings. The van der Waals surface area contributed by atoms with Gasteiger partial charge in [0.1, 0.15) is 10.6 Å². The molecule has 5 aromatic rings. The van der Waals surface area contributed by atoms with E-state index < -0.39 is 0 Å². The van der Waals surface area contributed by atoms with Crippen molar-refractivity contribution in [3.05, 3.63) is 64.1 Å². The fourth-order valence-corrected chi connectivity index (χ4v) is 4.76. The van der Waals surface area contributed by atoms with Crippen LogP contribution < -0.4 is 0 Å². The summed E-state index contributed by atoms with van der Waals surface area (Å²) in [5.74, 6) is 2.11. The summed E-state index contributed by atoms with van der Waals surface area (Å²) in [6.45, 7) is 2.03. The Morgan fingerprint density at radius 2 is 1.93 bits per heavy atom. The minimum Gasteiger partial charge on any atom is -0.452 e. The summed E-state index contributed by atoms with van der Waals surface area (Å²) in [7, 11) is 0. The van der Waals surface area contributed by atoms with Crippen LogP contribution in [0.4, 0.5) is 0 Å². The van der Waals surface area contributed by atoms with E-state index in [1.54, 1.807) is 16.3 Å². The van der Waals surface area contributed by atoms with Gasteiger partial charge >= 0.3 is 0 Å². The molecule has 0 N–H and O–H groups in total. The van der Waals surface area contributed by atoms with Crippen LogP contribution in [0.3, 0.4) is 0 Å². The molecule has 0 unspecified atom stereocenters. The van der Waals surface area contributed by atoms with Crippen LogP contribution in [-0.4, -0.2) is 19.8 Å². The van der Waals surface area contributed by atoms with Gasteiger partial charge in [-0.3, -0.25) is 0 Å². The topological polar surface area (TPSA) is 56.2 Å². The number of thioether (sulfide) groups is 1. The van der Waals surface area contributed by atoms with Gasteiger partial charge in [-0.2, -0.15) is 9.61 Å². The number of halogens is 1. The van der Waals surface area contributed by atoms with E-state index in [1.165, 1.54) is 11.3 Å². The van der Waals surface area contributed by atoms with Crippen molar-refractivity contribution in [1.82, 2.24) is 19.8 Å². The molecule has 0 bridgehead atoms. The van der Waals surface area contributed by atoms with Gasteiger partial charge in [0.05, 0.1) is 5.75 Å². The highest BCUT2D eigenvalue weighted by Gasteiger charge is 2.20. The van der Waals surface area contributed by atoms with Crippen molar-refractivity contribution in [2.24, 2.45) is 0 Å². The van der Waals surface area contributed by atoms with E-state index in [0.717, 1.165) is 42.2 Å². The lowest BCUT2D eigenvalue weighted by Gasteiger charge is -1.98. The molecule has 2 aromatic carbocycles. The third-order valence-corrected chi connectivity index (χ3v) is 6.61. The van der Waals surface area contributed by atoms with Gasteiger partial charge in [0.25, 0.3) is 0 Å². The van der Waals surface area contributed by atoms with Gasteiger partial charge in [-0.25, -0.2) is 0 Å². The Balaban J connectivity index is 1.47. The van der Waals surface area contributed by atoms with Crippen molar-refractivity contribution in [1.29, 1.82) is 0 Å². The van der Waals surface area contributed by atoms with Crippen molar-refractivity contribution < 1.29 is 4.42 Å². The van der Waals surface area contributed by atoms with Gasteiger partial charge in [0.2, 0.25) is 10.8 Å². The summed E-state index contributed by atoms with van der Waals surface area (Å²) in [5.41, 5.74) is 1.89. The molecular weight excluding hydrogens is 400 g/mol. The van der Waals surface area contributed by atoms with Crippen LogP contribution in [0, 0.1) is 6.92 Å². The number of aromatic nitrogens is 4. The van der Waals surface area contributed by atoms with E-state index in [1.807, 2.05) is 55.5 Å². The van der Waals surface area contributed by atoms with Crippen molar-refractivity contribution in [3.63, 3.8) is 0 Å². The molecule has 0 saturated carbocycles. The summed E-state index contributed by atoms with van der Waals surface area (Å²) in [5, 5.41) is 16.1. The van der Waals surface area contributed by atoms with Crippen LogP contribution in [-0.2, 0) is 5.75 Å². The Morgan fingerprint density at radius 1 is 1.11 bits per heavy atom. The molecule has 0 aliphatic heterocycles. The molecule has 0 saturated heterocycles. The number of para-hydroxylation sites is 1. The second-order valence-corrected chi connectivity index (χ2v) is 8.53. The van der Waals surface area contributed by atoms with Gasteiger partial charge in [-0.05, 0) is 37.3 Å². The molecule has 0 aliphatic carbocycles. The Labute approximate surface area is 168 Å². The number of hydrogen-bond donors (Lipinski definition) is 0.